The number of hydrogen-bond acceptors (Lipinski definition) is 2. The lowest BCUT2D eigenvalue weighted by atomic mass is 9.86. The standard InChI is InChI=1S/C22H38N2/c1-8-14-24(15-9-2)16-18(5)23-20(7)22-13-11-12-21(19(22)6)17(4)10-3/h13,18,23H,4,7-12,14-16H2,1-3,5-6H3/t18-/m0/s1. The normalized spacial score (nSPS) is 16.2. The highest BCUT2D eigenvalue weighted by molar-refractivity contribution is 5.52. The Hall–Kier alpha value is -1.28. The summed E-state index contributed by atoms with van der Waals surface area (Å²) in [7, 11) is 0. The zero-order chi connectivity index (χ0) is 18.1. The Morgan fingerprint density at radius 1 is 1.21 bits per heavy atom. The molecule has 1 N–H and O–H groups in total. The van der Waals surface area contributed by atoms with E-state index in [9.17, 15) is 0 Å². The fourth-order valence-corrected chi connectivity index (χ4v) is 3.60. The third-order valence-corrected chi connectivity index (χ3v) is 4.81. The summed E-state index contributed by atoms with van der Waals surface area (Å²) in [6, 6.07) is 0.407. The van der Waals surface area contributed by atoms with Crippen LogP contribution in [0.5, 0.6) is 0 Å². The lowest BCUT2D eigenvalue weighted by Crippen LogP contribution is -2.39. The Morgan fingerprint density at radius 3 is 2.38 bits per heavy atom. The van der Waals surface area contributed by atoms with E-state index in [1.807, 2.05) is 0 Å². The number of hydrogen-bond donors (Lipinski definition) is 1. The molecule has 136 valence electrons. The summed E-state index contributed by atoms with van der Waals surface area (Å²) in [5, 5.41) is 3.64. The first-order chi connectivity index (χ1) is 11.4. The van der Waals surface area contributed by atoms with E-state index in [-0.39, 0.29) is 0 Å². The zero-order valence-electron chi connectivity index (χ0n) is 16.7. The van der Waals surface area contributed by atoms with Crippen molar-refractivity contribution in [1.82, 2.24) is 10.2 Å². The second-order valence-electron chi connectivity index (χ2n) is 7.04. The van der Waals surface area contributed by atoms with Crippen LogP contribution in [0.15, 0.2) is 47.2 Å². The van der Waals surface area contributed by atoms with Crippen molar-refractivity contribution in [3.63, 3.8) is 0 Å². The molecule has 0 aromatic carbocycles. The van der Waals surface area contributed by atoms with Gasteiger partial charge in [0.1, 0.15) is 0 Å². The summed E-state index contributed by atoms with van der Waals surface area (Å²) in [5.74, 6) is 0. The van der Waals surface area contributed by atoms with Gasteiger partial charge >= 0.3 is 0 Å². The first kappa shape index (κ1) is 20.8. The third-order valence-electron chi connectivity index (χ3n) is 4.81. The van der Waals surface area contributed by atoms with E-state index in [1.54, 1.807) is 0 Å². The molecule has 1 aliphatic rings. The average Bonchev–Trinajstić information content (AvgIpc) is 2.54. The molecule has 0 spiro atoms. The van der Waals surface area contributed by atoms with Gasteiger partial charge in [-0.15, -0.1) is 0 Å². The summed E-state index contributed by atoms with van der Waals surface area (Å²) in [6.45, 7) is 23.2. The van der Waals surface area contributed by atoms with Gasteiger partial charge in [-0.05, 0) is 75.8 Å². The number of allylic oxidation sites excluding steroid dienone is 4. The van der Waals surface area contributed by atoms with Crippen LogP contribution in [0.4, 0.5) is 0 Å². The highest BCUT2D eigenvalue weighted by atomic mass is 15.1. The highest BCUT2D eigenvalue weighted by Crippen LogP contribution is 2.32. The molecule has 0 saturated carbocycles. The molecule has 0 radical (unpaired) electrons. The average molecular weight is 331 g/mol. The summed E-state index contributed by atoms with van der Waals surface area (Å²) >= 11 is 0. The fourth-order valence-electron chi connectivity index (χ4n) is 3.60. The van der Waals surface area contributed by atoms with Crippen LogP contribution in [0, 0.1) is 0 Å². The number of nitrogens with one attached hydrogen (secondary N) is 1. The largest absolute Gasteiger partial charge is 0.381 e. The van der Waals surface area contributed by atoms with Crippen molar-refractivity contribution in [3.05, 3.63) is 47.2 Å². The minimum atomic E-state index is 0.407. The summed E-state index contributed by atoms with van der Waals surface area (Å²) in [6.07, 6.45) is 7.99. The minimum Gasteiger partial charge on any atom is -0.381 e. The van der Waals surface area contributed by atoms with Crippen molar-refractivity contribution < 1.29 is 0 Å². The SMILES string of the molecule is C=C(CC)C1=C(C)C(C(=C)N[C@@H](C)CN(CCC)CCC)=CCC1. The lowest BCUT2D eigenvalue weighted by Gasteiger charge is -2.28. The lowest BCUT2D eigenvalue weighted by molar-refractivity contribution is 0.253. The first-order valence-electron chi connectivity index (χ1n) is 9.71. The van der Waals surface area contributed by atoms with Gasteiger partial charge in [-0.3, -0.25) is 0 Å². The Bertz CT molecular complexity index is 490. The molecule has 0 unspecified atom stereocenters. The summed E-state index contributed by atoms with van der Waals surface area (Å²) < 4.78 is 0. The van der Waals surface area contributed by atoms with Crippen molar-refractivity contribution >= 4 is 0 Å². The monoisotopic (exact) mass is 330 g/mol. The molecule has 1 atom stereocenters. The van der Waals surface area contributed by atoms with Crippen LogP contribution >= 0.6 is 0 Å². The molecule has 1 aliphatic carbocycles. The van der Waals surface area contributed by atoms with E-state index in [4.69, 9.17) is 0 Å². The van der Waals surface area contributed by atoms with Crippen LogP contribution in [0.25, 0.3) is 0 Å². The maximum Gasteiger partial charge on any atom is 0.0360 e. The van der Waals surface area contributed by atoms with Gasteiger partial charge in [-0.2, -0.15) is 0 Å². The highest BCUT2D eigenvalue weighted by Gasteiger charge is 2.17. The van der Waals surface area contributed by atoms with Gasteiger partial charge in [0.25, 0.3) is 0 Å². The molecule has 0 heterocycles. The topological polar surface area (TPSA) is 15.3 Å². The van der Waals surface area contributed by atoms with Crippen LogP contribution in [-0.4, -0.2) is 30.6 Å². The molecule has 0 aromatic rings. The van der Waals surface area contributed by atoms with Crippen LogP contribution in [-0.2, 0) is 0 Å². The maximum absolute atomic E-state index is 4.33. The molecule has 0 bridgehead atoms. The molecular formula is C22H38N2. The summed E-state index contributed by atoms with van der Waals surface area (Å²) in [5.41, 5.74) is 6.42. The molecule has 0 fully saturated rings. The molecule has 2 heteroatoms. The van der Waals surface area contributed by atoms with E-state index in [0.717, 1.165) is 31.5 Å². The van der Waals surface area contributed by atoms with Gasteiger partial charge < -0.3 is 10.2 Å². The molecule has 0 amide bonds. The third kappa shape index (κ3) is 5.98. The Balaban J connectivity index is 2.71. The smallest absolute Gasteiger partial charge is 0.0360 e. The van der Waals surface area contributed by atoms with Crippen molar-refractivity contribution in [1.29, 1.82) is 0 Å². The van der Waals surface area contributed by atoms with E-state index >= 15 is 0 Å². The predicted octanol–water partition coefficient (Wildman–Crippen LogP) is 5.60. The van der Waals surface area contributed by atoms with E-state index in [2.05, 4.69) is 64.1 Å². The van der Waals surface area contributed by atoms with Crippen molar-refractivity contribution in [2.75, 3.05) is 19.6 Å². The van der Waals surface area contributed by atoms with Gasteiger partial charge in [0.05, 0.1) is 0 Å². The van der Waals surface area contributed by atoms with E-state index in [1.165, 1.54) is 48.2 Å². The number of rotatable bonds is 11. The fraction of sp³-hybridized carbons (Fsp3) is 0.636. The van der Waals surface area contributed by atoms with Gasteiger partial charge in [0.2, 0.25) is 0 Å². The number of nitrogens with zero attached hydrogens (tertiary/aromatic N) is 1. The van der Waals surface area contributed by atoms with Crippen LogP contribution in [0.3, 0.4) is 0 Å². The second kappa shape index (κ2) is 10.6. The molecule has 0 saturated heterocycles. The quantitative estimate of drug-likeness (QED) is 0.530. The van der Waals surface area contributed by atoms with Crippen molar-refractivity contribution in [2.45, 2.75) is 72.8 Å². The molecule has 0 aromatic heterocycles. The molecule has 0 aliphatic heterocycles. The molecule has 24 heavy (non-hydrogen) atoms. The zero-order valence-corrected chi connectivity index (χ0v) is 16.7. The van der Waals surface area contributed by atoms with Gasteiger partial charge in [-0.25, -0.2) is 0 Å². The predicted molar refractivity (Wildman–Crippen MR) is 108 cm³/mol. The minimum absolute atomic E-state index is 0.407. The van der Waals surface area contributed by atoms with Crippen LogP contribution in [0.2, 0.25) is 0 Å². The summed E-state index contributed by atoms with van der Waals surface area (Å²) in [4.78, 5) is 2.55. The van der Waals surface area contributed by atoms with E-state index < -0.39 is 0 Å². The maximum atomic E-state index is 4.33. The molecule has 1 rings (SSSR count). The van der Waals surface area contributed by atoms with Crippen LogP contribution in [0.1, 0.15) is 66.7 Å². The first-order valence-corrected chi connectivity index (χ1v) is 9.71. The Labute approximate surface area is 150 Å². The van der Waals surface area contributed by atoms with Crippen molar-refractivity contribution in [3.8, 4) is 0 Å². The molecular weight excluding hydrogens is 292 g/mol. The van der Waals surface area contributed by atoms with Crippen LogP contribution < -0.4 is 5.32 Å². The van der Waals surface area contributed by atoms with Gasteiger partial charge in [-0.1, -0.05) is 45.6 Å². The van der Waals surface area contributed by atoms with Gasteiger partial charge in [0.15, 0.2) is 0 Å². The Morgan fingerprint density at radius 2 is 1.83 bits per heavy atom. The van der Waals surface area contributed by atoms with Gasteiger partial charge in [0, 0.05) is 18.3 Å². The second-order valence-corrected chi connectivity index (χ2v) is 7.04. The Kier molecular flexibility index (Phi) is 9.13. The van der Waals surface area contributed by atoms with E-state index in [0.29, 0.717) is 6.04 Å². The van der Waals surface area contributed by atoms with Crippen molar-refractivity contribution in [2.24, 2.45) is 0 Å². The molecule has 2 nitrogen and oxygen atoms in total.